The lowest BCUT2D eigenvalue weighted by atomic mass is 10.1. The molecule has 2 aromatic heterocycles. The van der Waals surface area contributed by atoms with E-state index >= 15 is 0 Å². The van der Waals surface area contributed by atoms with Gasteiger partial charge in [-0.05, 0) is 12.1 Å². The summed E-state index contributed by atoms with van der Waals surface area (Å²) in [6.07, 6.45) is 4.51. The molecule has 0 saturated carbocycles. The van der Waals surface area contributed by atoms with E-state index in [2.05, 4.69) is 25.5 Å². The van der Waals surface area contributed by atoms with E-state index in [9.17, 15) is 0 Å². The first-order valence-corrected chi connectivity index (χ1v) is 5.88. The van der Waals surface area contributed by atoms with Gasteiger partial charge in [0.05, 0.1) is 24.1 Å². The Balaban J connectivity index is 1.95. The van der Waals surface area contributed by atoms with Crippen LogP contribution >= 0.6 is 0 Å². The standard InChI is InChI=1S/C13H13N5/c1-17-9-16-11-8-18(6-4-12(11)17)13-10(7-14)3-2-5-15-13/h2-3,5,9H,4,6,8H2,1H3. The van der Waals surface area contributed by atoms with E-state index in [-0.39, 0.29) is 0 Å². The highest BCUT2D eigenvalue weighted by Crippen LogP contribution is 2.24. The molecule has 3 heterocycles. The predicted octanol–water partition coefficient (Wildman–Crippen LogP) is 1.25. The highest BCUT2D eigenvalue weighted by atomic mass is 15.2. The van der Waals surface area contributed by atoms with Gasteiger partial charge in [-0.15, -0.1) is 0 Å². The lowest BCUT2D eigenvalue weighted by Gasteiger charge is -2.28. The van der Waals surface area contributed by atoms with Gasteiger partial charge in [-0.25, -0.2) is 9.97 Å². The summed E-state index contributed by atoms with van der Waals surface area (Å²) in [5, 5.41) is 9.11. The molecular formula is C13H13N5. The van der Waals surface area contributed by atoms with Crippen LogP contribution in [0.25, 0.3) is 0 Å². The summed E-state index contributed by atoms with van der Waals surface area (Å²) in [6, 6.07) is 5.78. The minimum Gasteiger partial charge on any atom is -0.349 e. The molecule has 0 saturated heterocycles. The van der Waals surface area contributed by atoms with Crippen molar-refractivity contribution in [1.82, 2.24) is 14.5 Å². The maximum absolute atomic E-state index is 9.11. The average Bonchev–Trinajstić information content (AvgIpc) is 2.80. The average molecular weight is 239 g/mol. The maximum atomic E-state index is 9.11. The second-order valence-electron chi connectivity index (χ2n) is 4.41. The molecule has 3 rings (SSSR count). The Morgan fingerprint density at radius 3 is 3.11 bits per heavy atom. The van der Waals surface area contributed by atoms with Gasteiger partial charge in [-0.1, -0.05) is 0 Å². The van der Waals surface area contributed by atoms with E-state index in [0.717, 1.165) is 31.0 Å². The fourth-order valence-corrected chi connectivity index (χ4v) is 2.37. The molecule has 0 unspecified atom stereocenters. The molecule has 0 fully saturated rings. The zero-order chi connectivity index (χ0) is 12.5. The molecule has 5 heteroatoms. The normalized spacial score (nSPS) is 14.1. The molecule has 1 aliphatic heterocycles. The predicted molar refractivity (Wildman–Crippen MR) is 66.9 cm³/mol. The SMILES string of the molecule is Cn1cnc2c1CCN(c1ncccc1C#N)C2. The van der Waals surface area contributed by atoms with Crippen LogP contribution in [0.4, 0.5) is 5.82 Å². The topological polar surface area (TPSA) is 57.7 Å². The zero-order valence-corrected chi connectivity index (χ0v) is 10.2. The van der Waals surface area contributed by atoms with Gasteiger partial charge < -0.3 is 9.47 Å². The van der Waals surface area contributed by atoms with Crippen molar-refractivity contribution in [3.05, 3.63) is 41.6 Å². The van der Waals surface area contributed by atoms with Crippen molar-refractivity contribution in [2.45, 2.75) is 13.0 Å². The van der Waals surface area contributed by atoms with E-state index in [1.807, 2.05) is 13.4 Å². The second-order valence-corrected chi connectivity index (χ2v) is 4.41. The quantitative estimate of drug-likeness (QED) is 0.751. The molecular weight excluding hydrogens is 226 g/mol. The van der Waals surface area contributed by atoms with E-state index in [4.69, 9.17) is 5.26 Å². The van der Waals surface area contributed by atoms with Crippen LogP contribution in [0, 0.1) is 11.3 Å². The number of nitrogens with zero attached hydrogens (tertiary/aromatic N) is 5. The van der Waals surface area contributed by atoms with Gasteiger partial charge in [0.1, 0.15) is 11.9 Å². The molecule has 0 spiro atoms. The molecule has 0 radical (unpaired) electrons. The molecule has 0 bridgehead atoms. The molecule has 2 aromatic rings. The number of hydrogen-bond donors (Lipinski definition) is 0. The van der Waals surface area contributed by atoms with Crippen molar-refractivity contribution in [2.75, 3.05) is 11.4 Å². The van der Waals surface area contributed by atoms with Crippen LogP contribution in [0.5, 0.6) is 0 Å². The summed E-state index contributed by atoms with van der Waals surface area (Å²) in [7, 11) is 2.02. The first kappa shape index (κ1) is 10.8. The molecule has 0 N–H and O–H groups in total. The monoisotopic (exact) mass is 239 g/mol. The van der Waals surface area contributed by atoms with Crippen molar-refractivity contribution in [3.63, 3.8) is 0 Å². The van der Waals surface area contributed by atoms with Gasteiger partial charge in [0.25, 0.3) is 0 Å². The Bertz CT molecular complexity index is 623. The van der Waals surface area contributed by atoms with Crippen LogP contribution in [0.15, 0.2) is 24.7 Å². The largest absolute Gasteiger partial charge is 0.349 e. The number of rotatable bonds is 1. The first-order valence-electron chi connectivity index (χ1n) is 5.88. The minimum absolute atomic E-state index is 0.622. The summed E-state index contributed by atoms with van der Waals surface area (Å²) < 4.78 is 2.07. The van der Waals surface area contributed by atoms with E-state index in [1.54, 1.807) is 18.3 Å². The van der Waals surface area contributed by atoms with Gasteiger partial charge in [0.15, 0.2) is 0 Å². The smallest absolute Gasteiger partial charge is 0.146 e. The van der Waals surface area contributed by atoms with Crippen LogP contribution in [0.1, 0.15) is 17.0 Å². The zero-order valence-electron chi connectivity index (χ0n) is 10.2. The lowest BCUT2D eigenvalue weighted by Crippen LogP contribution is -2.32. The summed E-state index contributed by atoms with van der Waals surface area (Å²) in [5.74, 6) is 0.760. The Hall–Kier alpha value is -2.35. The third-order valence-corrected chi connectivity index (χ3v) is 3.31. The van der Waals surface area contributed by atoms with Crippen molar-refractivity contribution < 1.29 is 0 Å². The molecule has 18 heavy (non-hydrogen) atoms. The van der Waals surface area contributed by atoms with Crippen LogP contribution in [-0.4, -0.2) is 21.1 Å². The molecule has 0 atom stereocenters. The molecule has 0 aliphatic carbocycles. The van der Waals surface area contributed by atoms with E-state index < -0.39 is 0 Å². The van der Waals surface area contributed by atoms with Gasteiger partial charge in [-0.3, -0.25) is 0 Å². The van der Waals surface area contributed by atoms with E-state index in [0.29, 0.717) is 5.56 Å². The van der Waals surface area contributed by atoms with Crippen LogP contribution in [0.2, 0.25) is 0 Å². The number of aryl methyl sites for hydroxylation is 1. The summed E-state index contributed by atoms with van der Waals surface area (Å²) in [5.41, 5.74) is 2.98. The van der Waals surface area contributed by atoms with Crippen LogP contribution in [0.3, 0.4) is 0 Å². The fraction of sp³-hybridized carbons (Fsp3) is 0.308. The molecule has 1 aliphatic rings. The Labute approximate surface area is 105 Å². The lowest BCUT2D eigenvalue weighted by molar-refractivity contribution is 0.675. The summed E-state index contributed by atoms with van der Waals surface area (Å²) in [6.45, 7) is 1.60. The number of aromatic nitrogens is 3. The first-order chi connectivity index (χ1) is 8.79. The number of imidazole rings is 1. The van der Waals surface area contributed by atoms with Gasteiger partial charge >= 0.3 is 0 Å². The molecule has 0 amide bonds. The van der Waals surface area contributed by atoms with Gasteiger partial charge in [0, 0.05) is 31.9 Å². The minimum atomic E-state index is 0.622. The Morgan fingerprint density at radius 2 is 2.28 bits per heavy atom. The maximum Gasteiger partial charge on any atom is 0.146 e. The summed E-state index contributed by atoms with van der Waals surface area (Å²) >= 11 is 0. The van der Waals surface area contributed by atoms with Crippen molar-refractivity contribution in [1.29, 1.82) is 5.26 Å². The summed E-state index contributed by atoms with van der Waals surface area (Å²) in [4.78, 5) is 10.8. The molecule has 90 valence electrons. The molecule has 5 nitrogen and oxygen atoms in total. The highest BCUT2D eigenvalue weighted by Gasteiger charge is 2.22. The van der Waals surface area contributed by atoms with Gasteiger partial charge in [0.2, 0.25) is 0 Å². The van der Waals surface area contributed by atoms with Gasteiger partial charge in [-0.2, -0.15) is 5.26 Å². The van der Waals surface area contributed by atoms with Crippen molar-refractivity contribution in [2.24, 2.45) is 7.05 Å². The van der Waals surface area contributed by atoms with Crippen molar-refractivity contribution >= 4 is 5.82 Å². The number of hydrogen-bond acceptors (Lipinski definition) is 4. The molecule has 0 aromatic carbocycles. The number of nitriles is 1. The highest BCUT2D eigenvalue weighted by molar-refractivity contribution is 5.54. The van der Waals surface area contributed by atoms with Crippen LogP contribution < -0.4 is 4.90 Å². The van der Waals surface area contributed by atoms with E-state index in [1.165, 1.54) is 5.69 Å². The Morgan fingerprint density at radius 1 is 1.39 bits per heavy atom. The number of anilines is 1. The second kappa shape index (κ2) is 4.15. The van der Waals surface area contributed by atoms with Crippen molar-refractivity contribution in [3.8, 4) is 6.07 Å². The number of fused-ring (bicyclic) bond motifs is 1. The third kappa shape index (κ3) is 1.63. The van der Waals surface area contributed by atoms with Crippen LogP contribution in [-0.2, 0) is 20.0 Å². The Kier molecular flexibility index (Phi) is 2.49. The fourth-order valence-electron chi connectivity index (χ4n) is 2.37. The third-order valence-electron chi connectivity index (χ3n) is 3.31. The number of pyridine rings is 1.